The molecule has 3 aliphatic rings. The number of benzene rings is 1. The van der Waals surface area contributed by atoms with Crippen molar-refractivity contribution in [1.29, 1.82) is 0 Å². The number of nitrogens with one attached hydrogen (secondary N) is 1. The van der Waals surface area contributed by atoms with E-state index in [-0.39, 0.29) is 30.1 Å². The highest BCUT2D eigenvalue weighted by Crippen LogP contribution is 2.45. The Hall–Kier alpha value is -3.29. The second-order valence-corrected chi connectivity index (χ2v) is 12.2. The summed E-state index contributed by atoms with van der Waals surface area (Å²) in [7, 11) is -4.42. The highest BCUT2D eigenvalue weighted by atomic mass is 32.2. The lowest BCUT2D eigenvalue weighted by Gasteiger charge is -2.33. The molecule has 1 saturated carbocycles. The van der Waals surface area contributed by atoms with E-state index >= 15 is 4.39 Å². The number of halogens is 1. The number of anilines is 2. The lowest BCUT2D eigenvalue weighted by atomic mass is 10.1. The first-order valence-corrected chi connectivity index (χ1v) is 13.5. The molecule has 1 aromatic rings. The number of phenolic OH excluding ortho intramolecular Hbond substituents is 1. The first-order chi connectivity index (χ1) is 17.2. The van der Waals surface area contributed by atoms with Crippen molar-refractivity contribution in [2.45, 2.75) is 64.5 Å². The van der Waals surface area contributed by atoms with Gasteiger partial charge in [0.25, 0.3) is 5.91 Å². The van der Waals surface area contributed by atoms with Crippen molar-refractivity contribution < 1.29 is 42.1 Å². The molecular formula is C23H31FN4O8S. The molecule has 0 unspecified atom stereocenters. The Kier molecular flexibility index (Phi) is 6.90. The molecule has 1 aliphatic carbocycles. The van der Waals surface area contributed by atoms with Crippen molar-refractivity contribution >= 4 is 39.7 Å². The quantitative estimate of drug-likeness (QED) is 0.512. The molecule has 37 heavy (non-hydrogen) atoms. The van der Waals surface area contributed by atoms with Crippen molar-refractivity contribution in [1.82, 2.24) is 9.62 Å². The van der Waals surface area contributed by atoms with Crippen molar-refractivity contribution in [2.75, 3.05) is 28.8 Å². The molecule has 4 rings (SSSR count). The molecule has 0 radical (unpaired) electrons. The van der Waals surface area contributed by atoms with Gasteiger partial charge in [-0.1, -0.05) is 12.8 Å². The number of carbonyl (C=O) groups excluding carboxylic acids is 2. The number of hydrogen-bond acceptors (Lipinski definition) is 7. The van der Waals surface area contributed by atoms with Gasteiger partial charge in [-0.25, -0.2) is 23.0 Å². The zero-order valence-corrected chi connectivity index (χ0v) is 21.7. The predicted octanol–water partition coefficient (Wildman–Crippen LogP) is 2.55. The normalized spacial score (nSPS) is 21.2. The fourth-order valence-electron chi connectivity index (χ4n) is 5.18. The third-order valence-electron chi connectivity index (χ3n) is 6.67. The topological polar surface area (TPSA) is 157 Å². The largest absolute Gasteiger partial charge is 0.506 e. The molecular weight excluding hydrogens is 511 g/mol. The minimum atomic E-state index is -4.42. The first-order valence-electron chi connectivity index (χ1n) is 12.1. The van der Waals surface area contributed by atoms with E-state index in [0.29, 0.717) is 10.8 Å². The lowest BCUT2D eigenvalue weighted by molar-refractivity contribution is -0.117. The van der Waals surface area contributed by atoms with Crippen LogP contribution in [0.25, 0.3) is 0 Å². The number of carboxylic acid groups (broad SMARTS) is 1. The van der Waals surface area contributed by atoms with Crippen LogP contribution in [0.1, 0.15) is 52.0 Å². The van der Waals surface area contributed by atoms with E-state index in [4.69, 9.17) is 4.74 Å². The number of fused-ring (bicyclic) bond motifs is 1. The Morgan fingerprint density at radius 3 is 2.43 bits per heavy atom. The van der Waals surface area contributed by atoms with Crippen molar-refractivity contribution in [3.05, 3.63) is 17.4 Å². The van der Waals surface area contributed by atoms with Gasteiger partial charge in [0.1, 0.15) is 23.6 Å². The van der Waals surface area contributed by atoms with Crippen LogP contribution in [0, 0.1) is 11.7 Å². The third kappa shape index (κ3) is 5.38. The van der Waals surface area contributed by atoms with E-state index in [9.17, 15) is 33.0 Å². The maximum Gasteiger partial charge on any atom is 0.412 e. The number of hydrogen-bond donors (Lipinski definition) is 3. The van der Waals surface area contributed by atoms with Crippen LogP contribution in [0.2, 0.25) is 0 Å². The van der Waals surface area contributed by atoms with Gasteiger partial charge in [0, 0.05) is 31.1 Å². The Morgan fingerprint density at radius 2 is 1.89 bits per heavy atom. The van der Waals surface area contributed by atoms with E-state index in [1.165, 1.54) is 4.90 Å². The fraction of sp³-hybridized carbons (Fsp3) is 0.609. The summed E-state index contributed by atoms with van der Waals surface area (Å²) in [4.78, 5) is 39.2. The first kappa shape index (κ1) is 26.8. The molecule has 3 N–H and O–H groups in total. The van der Waals surface area contributed by atoms with E-state index < -0.39 is 63.7 Å². The number of ether oxygens (including phenoxy) is 1. The zero-order valence-electron chi connectivity index (χ0n) is 20.9. The molecule has 1 aromatic carbocycles. The molecule has 3 amide bonds. The van der Waals surface area contributed by atoms with Crippen LogP contribution in [0.15, 0.2) is 6.07 Å². The molecule has 12 nitrogen and oxygen atoms in total. The van der Waals surface area contributed by atoms with Gasteiger partial charge in [-0.3, -0.25) is 9.69 Å². The van der Waals surface area contributed by atoms with E-state index in [1.807, 2.05) is 0 Å². The molecule has 2 fully saturated rings. The number of nitrogens with zero attached hydrogens (tertiary/aromatic N) is 3. The van der Waals surface area contributed by atoms with Crippen LogP contribution < -0.4 is 13.9 Å². The van der Waals surface area contributed by atoms with Crippen molar-refractivity contribution in [3.8, 4) is 5.75 Å². The monoisotopic (exact) mass is 542 g/mol. The summed E-state index contributed by atoms with van der Waals surface area (Å²) >= 11 is 0. The summed E-state index contributed by atoms with van der Waals surface area (Å²) in [5, 5.41) is 20.5. The van der Waals surface area contributed by atoms with Crippen LogP contribution in [0.3, 0.4) is 0 Å². The predicted molar refractivity (Wildman–Crippen MR) is 130 cm³/mol. The smallest absolute Gasteiger partial charge is 0.412 e. The number of phenols is 1. The minimum absolute atomic E-state index is 0.0933. The molecule has 1 atom stereocenters. The molecule has 0 bridgehead atoms. The SMILES string of the molecule is CC(C)(C)OC(=O)N(CC1CCCC1)C[C@H]1Cc2c(cc(O)c(N3CC(=O)NS3(=O)=O)c2F)N1C(=O)O. The maximum absolute atomic E-state index is 15.7. The van der Waals surface area contributed by atoms with E-state index in [2.05, 4.69) is 0 Å². The Morgan fingerprint density at radius 1 is 1.24 bits per heavy atom. The molecule has 0 spiro atoms. The fourth-order valence-corrected chi connectivity index (χ4v) is 6.35. The molecule has 1 saturated heterocycles. The van der Waals surface area contributed by atoms with Crippen LogP contribution >= 0.6 is 0 Å². The van der Waals surface area contributed by atoms with E-state index in [1.54, 1.807) is 25.5 Å². The average molecular weight is 543 g/mol. The standard InChI is InChI=1S/C23H31FN4O8S/c1-23(2,3)36-22(33)26(10-13-6-4-5-7-13)11-14-8-15-16(28(14)21(31)32)9-17(29)20(19(15)24)27-12-18(30)25-37(27,34)35/h9,13-14,29H,4-8,10-12H2,1-3H3,(H,25,30)(H,31,32)/t14-/m1/s1. The van der Waals surface area contributed by atoms with Gasteiger partial charge in [-0.15, -0.1) is 0 Å². The summed E-state index contributed by atoms with van der Waals surface area (Å²) in [6, 6.07) is 0.0510. The van der Waals surface area contributed by atoms with Gasteiger partial charge in [-0.05, 0) is 39.5 Å². The van der Waals surface area contributed by atoms with Gasteiger partial charge in [0.2, 0.25) is 0 Å². The molecule has 204 valence electrons. The molecule has 2 heterocycles. The second-order valence-electron chi connectivity index (χ2n) is 10.6. The van der Waals surface area contributed by atoms with Crippen LogP contribution in [-0.4, -0.2) is 72.9 Å². The number of carbonyl (C=O) groups is 3. The van der Waals surface area contributed by atoms with E-state index in [0.717, 1.165) is 36.6 Å². The molecule has 0 aromatic heterocycles. The van der Waals surface area contributed by atoms with Crippen molar-refractivity contribution in [2.24, 2.45) is 5.92 Å². The summed E-state index contributed by atoms with van der Waals surface area (Å²) in [6.45, 7) is 4.70. The molecule has 14 heteroatoms. The number of aromatic hydroxyl groups is 1. The minimum Gasteiger partial charge on any atom is -0.506 e. The van der Waals surface area contributed by atoms with Gasteiger partial charge in [0.05, 0.1) is 11.7 Å². The van der Waals surface area contributed by atoms with Crippen LogP contribution in [-0.2, 0) is 26.2 Å². The Bertz CT molecular complexity index is 1230. The highest BCUT2D eigenvalue weighted by molar-refractivity contribution is 7.92. The summed E-state index contributed by atoms with van der Waals surface area (Å²) < 4.78 is 47.9. The Balaban J connectivity index is 1.67. The van der Waals surface area contributed by atoms with Gasteiger partial charge in [0.15, 0.2) is 5.82 Å². The second kappa shape index (κ2) is 9.54. The van der Waals surface area contributed by atoms with Crippen molar-refractivity contribution in [3.63, 3.8) is 0 Å². The maximum atomic E-state index is 15.7. The highest BCUT2D eigenvalue weighted by Gasteiger charge is 2.43. The average Bonchev–Trinajstić information content (AvgIpc) is 3.44. The lowest BCUT2D eigenvalue weighted by Crippen LogP contribution is -2.49. The number of amides is 3. The van der Waals surface area contributed by atoms with Gasteiger partial charge < -0.3 is 19.8 Å². The zero-order chi connectivity index (χ0) is 27.3. The van der Waals surface area contributed by atoms with Crippen LogP contribution in [0.5, 0.6) is 5.75 Å². The Labute approximate surface area is 214 Å². The third-order valence-corrected chi connectivity index (χ3v) is 8.05. The summed E-state index contributed by atoms with van der Waals surface area (Å²) in [5.41, 5.74) is -1.81. The van der Waals surface area contributed by atoms with Gasteiger partial charge in [-0.2, -0.15) is 8.42 Å². The van der Waals surface area contributed by atoms with Gasteiger partial charge >= 0.3 is 22.4 Å². The number of rotatable bonds is 5. The molecule has 2 aliphatic heterocycles. The van der Waals surface area contributed by atoms with Crippen LogP contribution in [0.4, 0.5) is 25.4 Å². The summed E-state index contributed by atoms with van der Waals surface area (Å²) in [5.74, 6) is -2.65. The summed E-state index contributed by atoms with van der Waals surface area (Å²) in [6.07, 6.45) is 1.70.